The van der Waals surface area contributed by atoms with Crippen molar-refractivity contribution >= 4 is 17.5 Å². The molecule has 0 saturated carbocycles. The molecule has 0 spiro atoms. The highest BCUT2D eigenvalue weighted by Crippen LogP contribution is 2.37. The van der Waals surface area contributed by atoms with E-state index in [2.05, 4.69) is 24.1 Å². The van der Waals surface area contributed by atoms with Crippen molar-refractivity contribution in [2.75, 3.05) is 51.3 Å². The van der Waals surface area contributed by atoms with Crippen LogP contribution < -0.4 is 14.4 Å². The van der Waals surface area contributed by atoms with Gasteiger partial charge in [0.2, 0.25) is 11.8 Å². The lowest BCUT2D eigenvalue weighted by Gasteiger charge is -2.41. The third-order valence-electron chi connectivity index (χ3n) is 6.36. The number of nitrogens with zero attached hydrogens (tertiary/aromatic N) is 3. The largest absolute Gasteiger partial charge is 0.486 e. The summed E-state index contributed by atoms with van der Waals surface area (Å²) in [6.45, 7) is 3.72. The molecule has 3 heterocycles. The summed E-state index contributed by atoms with van der Waals surface area (Å²) in [5, 5.41) is 0. The molecular weight excluding hydrogens is 394 g/mol. The van der Waals surface area contributed by atoms with Crippen molar-refractivity contribution in [1.29, 1.82) is 0 Å². The monoisotopic (exact) mass is 421 g/mol. The molecule has 0 radical (unpaired) electrons. The van der Waals surface area contributed by atoms with E-state index in [1.165, 1.54) is 0 Å². The molecule has 0 aromatic heterocycles. The molecule has 3 aliphatic rings. The molecule has 2 amide bonds. The van der Waals surface area contributed by atoms with Crippen molar-refractivity contribution in [1.82, 2.24) is 9.80 Å². The van der Waals surface area contributed by atoms with Crippen LogP contribution in [0.2, 0.25) is 0 Å². The van der Waals surface area contributed by atoms with E-state index >= 15 is 0 Å². The molecule has 2 atom stereocenters. The van der Waals surface area contributed by atoms with Gasteiger partial charge in [-0.15, -0.1) is 0 Å². The maximum absolute atomic E-state index is 13.5. The highest BCUT2D eigenvalue weighted by Gasteiger charge is 2.40. The number of rotatable bonds is 3. The van der Waals surface area contributed by atoms with E-state index in [0.29, 0.717) is 37.8 Å². The summed E-state index contributed by atoms with van der Waals surface area (Å²) in [4.78, 5) is 32.3. The highest BCUT2D eigenvalue weighted by molar-refractivity contribution is 6.00. The van der Waals surface area contributed by atoms with Crippen molar-refractivity contribution in [3.8, 4) is 11.5 Å². The van der Waals surface area contributed by atoms with Crippen LogP contribution in [0.4, 0.5) is 5.69 Å². The van der Waals surface area contributed by atoms with Crippen LogP contribution >= 0.6 is 0 Å². The average Bonchev–Trinajstić information content (AvgIpc) is 3.20. The van der Waals surface area contributed by atoms with Gasteiger partial charge in [-0.05, 0) is 24.7 Å². The summed E-state index contributed by atoms with van der Waals surface area (Å²) in [5.74, 6) is 1.04. The van der Waals surface area contributed by atoms with Gasteiger partial charge >= 0.3 is 0 Å². The quantitative estimate of drug-likeness (QED) is 0.761. The van der Waals surface area contributed by atoms with E-state index in [-0.39, 0.29) is 30.2 Å². The second-order valence-electron chi connectivity index (χ2n) is 8.45. The number of likely N-dealkylation sites (N-methyl/N-ethyl adjacent to an activating group) is 1. The number of carbonyl (C=O) groups is 2. The third-order valence-corrected chi connectivity index (χ3v) is 6.36. The fourth-order valence-electron chi connectivity index (χ4n) is 4.70. The minimum atomic E-state index is -0.338. The van der Waals surface area contributed by atoms with Crippen LogP contribution in [0.3, 0.4) is 0 Å². The number of hydrogen-bond acceptors (Lipinski definition) is 5. The molecule has 0 bridgehead atoms. The Labute approximate surface area is 182 Å². The Morgan fingerprint density at radius 1 is 0.968 bits per heavy atom. The van der Waals surface area contributed by atoms with Crippen LogP contribution in [0.25, 0.3) is 0 Å². The number of piperazine rings is 1. The van der Waals surface area contributed by atoms with E-state index in [9.17, 15) is 9.59 Å². The van der Waals surface area contributed by atoms with Gasteiger partial charge in [-0.1, -0.05) is 30.3 Å². The fraction of sp³-hybridized carbons (Fsp3) is 0.417. The van der Waals surface area contributed by atoms with Crippen LogP contribution in [0.1, 0.15) is 18.0 Å². The molecule has 7 heteroatoms. The van der Waals surface area contributed by atoms with Crippen LogP contribution in [0, 0.1) is 5.92 Å². The number of hydrogen-bond donors (Lipinski definition) is 0. The Bertz CT molecular complexity index is 980. The first-order valence-corrected chi connectivity index (χ1v) is 10.8. The van der Waals surface area contributed by atoms with E-state index in [1.807, 2.05) is 41.3 Å². The molecule has 0 unspecified atom stereocenters. The van der Waals surface area contributed by atoms with Crippen molar-refractivity contribution in [3.05, 3.63) is 54.1 Å². The first-order chi connectivity index (χ1) is 15.1. The van der Waals surface area contributed by atoms with E-state index in [0.717, 1.165) is 24.3 Å². The summed E-state index contributed by atoms with van der Waals surface area (Å²) < 4.78 is 11.2. The molecule has 3 aliphatic heterocycles. The van der Waals surface area contributed by atoms with E-state index in [4.69, 9.17) is 9.47 Å². The predicted molar refractivity (Wildman–Crippen MR) is 116 cm³/mol. The van der Waals surface area contributed by atoms with Gasteiger partial charge in [0.1, 0.15) is 13.2 Å². The average molecular weight is 421 g/mol. The molecule has 162 valence electrons. The van der Waals surface area contributed by atoms with E-state index in [1.54, 1.807) is 4.90 Å². The molecule has 0 N–H and O–H groups in total. The summed E-state index contributed by atoms with van der Waals surface area (Å²) in [7, 11) is 2.08. The van der Waals surface area contributed by atoms with Crippen molar-refractivity contribution in [2.24, 2.45) is 5.92 Å². The molecule has 7 nitrogen and oxygen atoms in total. The first kappa shape index (κ1) is 19.9. The fourth-order valence-corrected chi connectivity index (χ4v) is 4.70. The summed E-state index contributed by atoms with van der Waals surface area (Å²) in [6.07, 6.45) is 0.237. The van der Waals surface area contributed by atoms with Gasteiger partial charge in [0.05, 0.1) is 12.0 Å². The van der Waals surface area contributed by atoms with Gasteiger partial charge in [0.25, 0.3) is 0 Å². The van der Waals surface area contributed by atoms with Gasteiger partial charge in [0.15, 0.2) is 11.5 Å². The zero-order valence-corrected chi connectivity index (χ0v) is 17.7. The number of benzene rings is 2. The highest BCUT2D eigenvalue weighted by atomic mass is 16.6. The zero-order chi connectivity index (χ0) is 21.4. The number of fused-ring (bicyclic) bond motifs is 1. The Balaban J connectivity index is 1.34. The molecule has 0 aliphatic carbocycles. The van der Waals surface area contributed by atoms with Gasteiger partial charge < -0.3 is 24.2 Å². The lowest BCUT2D eigenvalue weighted by molar-refractivity contribution is -0.140. The number of amides is 2. The number of anilines is 1. The topological polar surface area (TPSA) is 62.3 Å². The Hall–Kier alpha value is -3.06. The Kier molecular flexibility index (Phi) is 5.28. The van der Waals surface area contributed by atoms with E-state index < -0.39 is 0 Å². The molecule has 2 aromatic rings. The summed E-state index contributed by atoms with van der Waals surface area (Å²) in [5.41, 5.74) is 1.89. The second kappa shape index (κ2) is 8.23. The van der Waals surface area contributed by atoms with Crippen molar-refractivity contribution in [2.45, 2.75) is 12.5 Å². The molecule has 2 saturated heterocycles. The number of ether oxygens (including phenoxy) is 2. The maximum Gasteiger partial charge on any atom is 0.228 e. The molecule has 31 heavy (non-hydrogen) atoms. The van der Waals surface area contributed by atoms with Gasteiger partial charge in [0, 0.05) is 44.4 Å². The van der Waals surface area contributed by atoms with Crippen molar-refractivity contribution in [3.63, 3.8) is 0 Å². The summed E-state index contributed by atoms with van der Waals surface area (Å²) in [6, 6.07) is 15.7. The van der Waals surface area contributed by atoms with Crippen LogP contribution in [0.5, 0.6) is 11.5 Å². The van der Waals surface area contributed by atoms with Crippen LogP contribution in [-0.4, -0.2) is 68.1 Å². The smallest absolute Gasteiger partial charge is 0.228 e. The molecular formula is C24H27N3O4. The zero-order valence-electron chi connectivity index (χ0n) is 17.7. The van der Waals surface area contributed by atoms with Gasteiger partial charge in [-0.3, -0.25) is 9.59 Å². The first-order valence-electron chi connectivity index (χ1n) is 10.8. The molecule has 2 aromatic carbocycles. The minimum Gasteiger partial charge on any atom is -0.486 e. The Morgan fingerprint density at radius 3 is 2.55 bits per heavy atom. The molecule has 5 rings (SSSR count). The maximum atomic E-state index is 13.5. The Morgan fingerprint density at radius 2 is 1.74 bits per heavy atom. The third kappa shape index (κ3) is 3.85. The lowest BCUT2D eigenvalue weighted by Crippen LogP contribution is -2.51. The summed E-state index contributed by atoms with van der Waals surface area (Å²) >= 11 is 0. The van der Waals surface area contributed by atoms with Gasteiger partial charge in [-0.25, -0.2) is 0 Å². The lowest BCUT2D eigenvalue weighted by atomic mass is 9.99. The van der Waals surface area contributed by atoms with Crippen LogP contribution in [-0.2, 0) is 9.59 Å². The second-order valence-corrected chi connectivity index (χ2v) is 8.45. The molecule has 2 fully saturated rings. The standard InChI is InChI=1S/C24H27N3O4/c1-25-9-10-26(20(16-25)17-5-3-2-4-6-17)24(29)18-13-23(28)27(15-18)19-7-8-21-22(14-19)31-12-11-30-21/h2-8,14,18,20H,9-13,15-16H2,1H3/t18-,20-/m1/s1. The normalized spacial score (nSPS) is 23.8. The minimum absolute atomic E-state index is 0.00546. The SMILES string of the molecule is CN1CCN(C(=O)[C@@H]2CC(=O)N(c3ccc4c(c3)OCCO4)C2)[C@@H](c2ccccc2)C1. The van der Waals surface area contributed by atoms with Gasteiger partial charge in [-0.2, -0.15) is 0 Å². The number of carbonyl (C=O) groups excluding carboxylic acids is 2. The predicted octanol–water partition coefficient (Wildman–Crippen LogP) is 2.33. The van der Waals surface area contributed by atoms with Crippen molar-refractivity contribution < 1.29 is 19.1 Å². The van der Waals surface area contributed by atoms with Crippen LogP contribution in [0.15, 0.2) is 48.5 Å².